The summed E-state index contributed by atoms with van der Waals surface area (Å²) in [7, 11) is 0. The van der Waals surface area contributed by atoms with Crippen molar-refractivity contribution in [3.63, 3.8) is 0 Å². The number of carboxylic acids is 1. The first kappa shape index (κ1) is 9.60. The molecule has 0 atom stereocenters. The molecule has 0 amide bonds. The van der Waals surface area contributed by atoms with E-state index >= 15 is 0 Å². The van der Waals surface area contributed by atoms with Crippen LogP contribution in [0.2, 0.25) is 0 Å². The van der Waals surface area contributed by atoms with Gasteiger partial charge >= 0.3 is 5.97 Å². The van der Waals surface area contributed by atoms with Crippen molar-refractivity contribution in [3.8, 4) is 0 Å². The molecule has 0 unspecified atom stereocenters. The third kappa shape index (κ3) is 1.81. The number of rotatable bonds is 2. The molecule has 0 aromatic heterocycles. The lowest BCUT2D eigenvalue weighted by Gasteiger charge is -2.02. The van der Waals surface area contributed by atoms with Crippen LogP contribution in [-0.4, -0.2) is 11.1 Å². The molecule has 1 rings (SSSR count). The first-order valence-corrected chi connectivity index (χ1v) is 3.47. The van der Waals surface area contributed by atoms with Crippen molar-refractivity contribution in [1.29, 1.82) is 0 Å². The Hall–Kier alpha value is -1.49. The quantitative estimate of drug-likeness (QED) is 0.729. The Balaban J connectivity index is 3.28. The topological polar surface area (TPSA) is 63.3 Å². The number of halogens is 2. The van der Waals surface area contributed by atoms with Crippen molar-refractivity contribution in [2.24, 2.45) is 5.73 Å². The molecule has 3 N–H and O–H groups in total. The molecule has 1 aromatic carbocycles. The molecule has 0 aliphatic heterocycles. The second-order valence-corrected chi connectivity index (χ2v) is 2.43. The van der Waals surface area contributed by atoms with Gasteiger partial charge in [0.25, 0.3) is 0 Å². The van der Waals surface area contributed by atoms with E-state index in [1.165, 1.54) is 0 Å². The van der Waals surface area contributed by atoms with Crippen molar-refractivity contribution < 1.29 is 18.7 Å². The minimum absolute atomic E-state index is 0.294. The predicted molar refractivity (Wildman–Crippen MR) is 41.2 cm³/mol. The molecular formula is C8H7F2NO2. The molecule has 0 fully saturated rings. The normalized spacial score (nSPS) is 10.1. The molecule has 0 aliphatic rings. The zero-order chi connectivity index (χ0) is 10.0. The van der Waals surface area contributed by atoms with Gasteiger partial charge in [-0.3, -0.25) is 0 Å². The van der Waals surface area contributed by atoms with Crippen LogP contribution in [0.15, 0.2) is 12.1 Å². The summed E-state index contributed by atoms with van der Waals surface area (Å²) < 4.78 is 25.8. The Kier molecular flexibility index (Phi) is 2.57. The maximum Gasteiger partial charge on any atom is 0.335 e. The second kappa shape index (κ2) is 3.49. The Labute approximate surface area is 72.8 Å². The van der Waals surface area contributed by atoms with Gasteiger partial charge in [-0.15, -0.1) is 0 Å². The Morgan fingerprint density at radius 3 is 2.15 bits per heavy atom. The van der Waals surface area contributed by atoms with Gasteiger partial charge in [0.2, 0.25) is 0 Å². The minimum atomic E-state index is -1.37. The van der Waals surface area contributed by atoms with E-state index in [0.29, 0.717) is 0 Å². The number of carbonyl (C=O) groups is 1. The van der Waals surface area contributed by atoms with Gasteiger partial charge < -0.3 is 10.8 Å². The number of benzene rings is 1. The van der Waals surface area contributed by atoms with Gasteiger partial charge in [-0.2, -0.15) is 0 Å². The maximum atomic E-state index is 12.9. The Bertz CT molecular complexity index is 329. The van der Waals surface area contributed by atoms with Gasteiger partial charge in [0.1, 0.15) is 11.6 Å². The maximum absolute atomic E-state index is 12.9. The number of hydrogen-bond acceptors (Lipinski definition) is 2. The van der Waals surface area contributed by atoms with Crippen molar-refractivity contribution >= 4 is 5.97 Å². The first-order valence-electron chi connectivity index (χ1n) is 3.47. The van der Waals surface area contributed by atoms with E-state index in [4.69, 9.17) is 10.8 Å². The van der Waals surface area contributed by atoms with E-state index in [2.05, 4.69) is 0 Å². The van der Waals surface area contributed by atoms with E-state index < -0.39 is 23.2 Å². The lowest BCUT2D eigenvalue weighted by atomic mass is 10.1. The van der Waals surface area contributed by atoms with Crippen LogP contribution >= 0.6 is 0 Å². The van der Waals surface area contributed by atoms with Crippen LogP contribution in [0.1, 0.15) is 15.9 Å². The van der Waals surface area contributed by atoms with Gasteiger partial charge in [-0.05, 0) is 12.1 Å². The van der Waals surface area contributed by atoms with Crippen LogP contribution in [0.5, 0.6) is 0 Å². The van der Waals surface area contributed by atoms with E-state index in [0.717, 1.165) is 12.1 Å². The molecule has 70 valence electrons. The van der Waals surface area contributed by atoms with Crippen molar-refractivity contribution in [1.82, 2.24) is 0 Å². The van der Waals surface area contributed by atoms with Gasteiger partial charge in [0.15, 0.2) is 0 Å². The fourth-order valence-corrected chi connectivity index (χ4v) is 0.922. The third-order valence-corrected chi connectivity index (χ3v) is 1.59. The van der Waals surface area contributed by atoms with Gasteiger partial charge in [-0.1, -0.05) is 0 Å². The summed E-state index contributed by atoms with van der Waals surface area (Å²) in [6.07, 6.45) is 0. The van der Waals surface area contributed by atoms with Gasteiger partial charge in [-0.25, -0.2) is 13.6 Å². The first-order chi connectivity index (χ1) is 6.06. The predicted octanol–water partition coefficient (Wildman–Crippen LogP) is 1.12. The smallest absolute Gasteiger partial charge is 0.335 e. The highest BCUT2D eigenvalue weighted by molar-refractivity contribution is 5.87. The minimum Gasteiger partial charge on any atom is -0.478 e. The fraction of sp³-hybridized carbons (Fsp3) is 0.125. The van der Waals surface area contributed by atoms with Crippen molar-refractivity contribution in [2.75, 3.05) is 0 Å². The van der Waals surface area contributed by atoms with E-state index in [1.54, 1.807) is 0 Å². The molecule has 0 saturated carbocycles. The van der Waals surface area contributed by atoms with Crippen molar-refractivity contribution in [3.05, 3.63) is 34.9 Å². The number of nitrogens with two attached hydrogens (primary N) is 1. The molecule has 0 aliphatic carbocycles. The van der Waals surface area contributed by atoms with E-state index in [1.807, 2.05) is 0 Å². The lowest BCUT2D eigenvalue weighted by Crippen LogP contribution is -2.06. The van der Waals surface area contributed by atoms with Crippen molar-refractivity contribution in [2.45, 2.75) is 6.54 Å². The molecule has 0 bridgehead atoms. The molecule has 0 saturated heterocycles. The van der Waals surface area contributed by atoms with E-state index in [-0.39, 0.29) is 12.1 Å². The Morgan fingerprint density at radius 2 is 1.85 bits per heavy atom. The monoisotopic (exact) mass is 187 g/mol. The molecule has 5 heteroatoms. The molecule has 0 radical (unpaired) electrons. The Morgan fingerprint density at radius 1 is 1.38 bits per heavy atom. The van der Waals surface area contributed by atoms with Crippen LogP contribution in [0.25, 0.3) is 0 Å². The highest BCUT2D eigenvalue weighted by Gasteiger charge is 2.12. The largest absolute Gasteiger partial charge is 0.478 e. The average molecular weight is 187 g/mol. The van der Waals surface area contributed by atoms with E-state index in [9.17, 15) is 13.6 Å². The lowest BCUT2D eigenvalue weighted by molar-refractivity contribution is 0.0695. The third-order valence-electron chi connectivity index (χ3n) is 1.59. The summed E-state index contributed by atoms with van der Waals surface area (Å²) in [6, 6.07) is 1.49. The summed E-state index contributed by atoms with van der Waals surface area (Å²) in [6.45, 7) is -0.294. The molecule has 3 nitrogen and oxygen atoms in total. The molecule has 0 heterocycles. The highest BCUT2D eigenvalue weighted by Crippen LogP contribution is 2.14. The number of hydrogen-bond donors (Lipinski definition) is 2. The summed E-state index contributed by atoms with van der Waals surface area (Å²) in [4.78, 5) is 10.3. The number of aromatic carboxylic acids is 1. The molecule has 13 heavy (non-hydrogen) atoms. The van der Waals surface area contributed by atoms with Gasteiger partial charge in [0.05, 0.1) is 5.56 Å². The standard InChI is InChI=1S/C8H7F2NO2/c9-6-1-4(8(12)13)2-7(10)5(6)3-11/h1-2H,3,11H2,(H,12,13). The van der Waals surface area contributed by atoms with Crippen LogP contribution < -0.4 is 5.73 Å². The molecular weight excluding hydrogens is 180 g/mol. The highest BCUT2D eigenvalue weighted by atomic mass is 19.1. The van der Waals surface area contributed by atoms with Crippen LogP contribution in [0.4, 0.5) is 8.78 Å². The van der Waals surface area contributed by atoms with Crippen LogP contribution in [0, 0.1) is 11.6 Å². The second-order valence-electron chi connectivity index (χ2n) is 2.43. The molecule has 0 spiro atoms. The summed E-state index contributed by atoms with van der Waals surface area (Å²) in [5.41, 5.74) is 4.33. The summed E-state index contributed by atoms with van der Waals surface area (Å²) in [5.74, 6) is -3.24. The zero-order valence-electron chi connectivity index (χ0n) is 6.55. The average Bonchev–Trinajstić information content (AvgIpc) is 2.03. The fourth-order valence-electron chi connectivity index (χ4n) is 0.922. The SMILES string of the molecule is NCc1c(F)cc(C(=O)O)cc1F. The van der Waals surface area contributed by atoms with Crippen LogP contribution in [-0.2, 0) is 6.54 Å². The number of carboxylic acid groups (broad SMARTS) is 1. The summed E-state index contributed by atoms with van der Waals surface area (Å²) >= 11 is 0. The van der Waals surface area contributed by atoms with Gasteiger partial charge in [0, 0.05) is 12.1 Å². The molecule has 1 aromatic rings. The summed E-state index contributed by atoms with van der Waals surface area (Å²) in [5, 5.41) is 8.43. The van der Waals surface area contributed by atoms with Crippen LogP contribution in [0.3, 0.4) is 0 Å². The zero-order valence-corrected chi connectivity index (χ0v) is 6.55.